The summed E-state index contributed by atoms with van der Waals surface area (Å²) in [5.74, 6) is 0.105. The van der Waals surface area contributed by atoms with E-state index in [4.69, 9.17) is 0 Å². The van der Waals surface area contributed by atoms with Crippen LogP contribution in [0.1, 0.15) is 26.2 Å². The Morgan fingerprint density at radius 3 is 2.53 bits per heavy atom. The Bertz CT molecular complexity index is 308. The number of nitrogens with one attached hydrogen (secondary N) is 1. The van der Waals surface area contributed by atoms with Gasteiger partial charge in [-0.1, -0.05) is 13.3 Å². The van der Waals surface area contributed by atoms with Gasteiger partial charge in [-0.05, 0) is 36.9 Å². The summed E-state index contributed by atoms with van der Waals surface area (Å²) in [4.78, 5) is 12.6. The standard InChI is InChI=1S/C12H17NOS/c1-3-4-5-12(14)13-10-6-8-11(15-2)9-7-10/h6-9H,3-5H2,1-2H3,(H,13,14). The van der Waals surface area contributed by atoms with Crippen molar-refractivity contribution in [2.45, 2.75) is 31.1 Å². The Hall–Kier alpha value is -0.960. The highest BCUT2D eigenvalue weighted by Crippen LogP contribution is 2.17. The molecule has 0 fully saturated rings. The predicted octanol–water partition coefficient (Wildman–Crippen LogP) is 3.54. The lowest BCUT2D eigenvalue weighted by Gasteiger charge is -2.05. The highest BCUT2D eigenvalue weighted by molar-refractivity contribution is 7.98. The van der Waals surface area contributed by atoms with Crippen molar-refractivity contribution >= 4 is 23.4 Å². The summed E-state index contributed by atoms with van der Waals surface area (Å²) in [6.45, 7) is 2.08. The lowest BCUT2D eigenvalue weighted by atomic mass is 10.2. The smallest absolute Gasteiger partial charge is 0.224 e. The van der Waals surface area contributed by atoms with Crippen LogP contribution in [0.15, 0.2) is 29.2 Å². The minimum absolute atomic E-state index is 0.105. The van der Waals surface area contributed by atoms with E-state index >= 15 is 0 Å². The van der Waals surface area contributed by atoms with Crippen LogP contribution in [0.5, 0.6) is 0 Å². The summed E-state index contributed by atoms with van der Waals surface area (Å²) in [7, 11) is 0. The van der Waals surface area contributed by atoms with E-state index in [9.17, 15) is 4.79 Å². The summed E-state index contributed by atoms with van der Waals surface area (Å²) in [6.07, 6.45) is 4.66. The minimum Gasteiger partial charge on any atom is -0.326 e. The molecule has 0 atom stereocenters. The quantitative estimate of drug-likeness (QED) is 0.774. The van der Waals surface area contributed by atoms with E-state index in [1.54, 1.807) is 11.8 Å². The van der Waals surface area contributed by atoms with E-state index in [1.165, 1.54) is 4.90 Å². The molecule has 0 aliphatic heterocycles. The van der Waals surface area contributed by atoms with Gasteiger partial charge in [-0.2, -0.15) is 0 Å². The van der Waals surface area contributed by atoms with Crippen molar-refractivity contribution < 1.29 is 4.79 Å². The molecule has 0 saturated carbocycles. The molecule has 0 saturated heterocycles. The van der Waals surface area contributed by atoms with Crippen molar-refractivity contribution in [1.82, 2.24) is 0 Å². The maximum atomic E-state index is 11.4. The number of carbonyl (C=O) groups excluding carboxylic acids is 1. The third-order valence-corrected chi connectivity index (χ3v) is 2.87. The van der Waals surface area contributed by atoms with E-state index in [0.29, 0.717) is 6.42 Å². The Labute approximate surface area is 95.5 Å². The van der Waals surface area contributed by atoms with E-state index in [1.807, 2.05) is 30.5 Å². The number of amides is 1. The van der Waals surface area contributed by atoms with Gasteiger partial charge in [0, 0.05) is 17.0 Å². The Balaban J connectivity index is 2.46. The molecule has 1 aromatic carbocycles. The van der Waals surface area contributed by atoms with Gasteiger partial charge in [0.25, 0.3) is 0 Å². The fourth-order valence-electron chi connectivity index (χ4n) is 1.24. The van der Waals surface area contributed by atoms with Crippen LogP contribution in [-0.4, -0.2) is 12.2 Å². The normalized spacial score (nSPS) is 10.0. The van der Waals surface area contributed by atoms with Gasteiger partial charge in [0.1, 0.15) is 0 Å². The zero-order valence-corrected chi connectivity index (χ0v) is 10.1. The van der Waals surface area contributed by atoms with Gasteiger partial charge in [0.15, 0.2) is 0 Å². The molecule has 0 aliphatic rings. The highest BCUT2D eigenvalue weighted by Gasteiger charge is 2.00. The molecule has 0 radical (unpaired) electrons. The largest absolute Gasteiger partial charge is 0.326 e. The summed E-state index contributed by atoms with van der Waals surface area (Å²) in [6, 6.07) is 7.91. The molecule has 0 aliphatic carbocycles. The van der Waals surface area contributed by atoms with Crippen molar-refractivity contribution in [3.8, 4) is 0 Å². The highest BCUT2D eigenvalue weighted by atomic mass is 32.2. The van der Waals surface area contributed by atoms with Crippen molar-refractivity contribution in [3.05, 3.63) is 24.3 Å². The lowest BCUT2D eigenvalue weighted by molar-refractivity contribution is -0.116. The van der Waals surface area contributed by atoms with Gasteiger partial charge in [-0.25, -0.2) is 0 Å². The topological polar surface area (TPSA) is 29.1 Å². The lowest BCUT2D eigenvalue weighted by Crippen LogP contribution is -2.10. The Morgan fingerprint density at radius 1 is 1.33 bits per heavy atom. The molecule has 0 aromatic heterocycles. The SMILES string of the molecule is CCCCC(=O)Nc1ccc(SC)cc1. The molecule has 1 rings (SSSR count). The van der Waals surface area contributed by atoms with Gasteiger partial charge in [0.05, 0.1) is 0 Å². The van der Waals surface area contributed by atoms with E-state index in [-0.39, 0.29) is 5.91 Å². The molecule has 1 N–H and O–H groups in total. The van der Waals surface area contributed by atoms with Crippen LogP contribution in [0.4, 0.5) is 5.69 Å². The first-order valence-corrected chi connectivity index (χ1v) is 6.42. The molecule has 0 spiro atoms. The molecular weight excluding hydrogens is 206 g/mol. The third kappa shape index (κ3) is 4.38. The third-order valence-electron chi connectivity index (χ3n) is 2.13. The summed E-state index contributed by atoms with van der Waals surface area (Å²) >= 11 is 1.70. The fraction of sp³-hybridized carbons (Fsp3) is 0.417. The number of anilines is 1. The summed E-state index contributed by atoms with van der Waals surface area (Å²) < 4.78 is 0. The van der Waals surface area contributed by atoms with Gasteiger partial charge < -0.3 is 5.32 Å². The molecule has 1 amide bonds. The van der Waals surface area contributed by atoms with Gasteiger partial charge in [-0.15, -0.1) is 11.8 Å². The first-order valence-electron chi connectivity index (χ1n) is 5.20. The van der Waals surface area contributed by atoms with Crippen LogP contribution < -0.4 is 5.32 Å². The number of unbranched alkanes of at least 4 members (excludes halogenated alkanes) is 1. The fourth-order valence-corrected chi connectivity index (χ4v) is 1.64. The van der Waals surface area contributed by atoms with E-state index in [0.717, 1.165) is 18.5 Å². The van der Waals surface area contributed by atoms with E-state index < -0.39 is 0 Å². The average Bonchev–Trinajstić information content (AvgIpc) is 2.27. The number of hydrogen-bond acceptors (Lipinski definition) is 2. The summed E-state index contributed by atoms with van der Waals surface area (Å²) in [5, 5.41) is 2.88. The van der Waals surface area contributed by atoms with Crippen LogP contribution in [0, 0.1) is 0 Å². The number of carbonyl (C=O) groups is 1. The first kappa shape index (κ1) is 12.1. The van der Waals surface area contributed by atoms with Crippen LogP contribution in [0.3, 0.4) is 0 Å². The second-order valence-electron chi connectivity index (χ2n) is 3.38. The molecule has 15 heavy (non-hydrogen) atoms. The van der Waals surface area contributed by atoms with Crippen LogP contribution in [0.25, 0.3) is 0 Å². The number of hydrogen-bond donors (Lipinski definition) is 1. The second kappa shape index (κ2) is 6.51. The molecule has 0 unspecified atom stereocenters. The van der Waals surface area contributed by atoms with Crippen molar-refractivity contribution in [1.29, 1.82) is 0 Å². The van der Waals surface area contributed by atoms with Crippen LogP contribution in [-0.2, 0) is 4.79 Å². The molecule has 3 heteroatoms. The average molecular weight is 223 g/mol. The van der Waals surface area contributed by atoms with Gasteiger partial charge >= 0.3 is 0 Å². The number of thioether (sulfide) groups is 1. The second-order valence-corrected chi connectivity index (χ2v) is 4.26. The van der Waals surface area contributed by atoms with Gasteiger partial charge in [-0.3, -0.25) is 4.79 Å². The maximum Gasteiger partial charge on any atom is 0.224 e. The van der Waals surface area contributed by atoms with E-state index in [2.05, 4.69) is 12.2 Å². The first-order chi connectivity index (χ1) is 7.26. The van der Waals surface area contributed by atoms with Gasteiger partial charge in [0.2, 0.25) is 5.91 Å². The molecule has 1 aromatic rings. The predicted molar refractivity (Wildman–Crippen MR) is 66.4 cm³/mol. The monoisotopic (exact) mass is 223 g/mol. The van der Waals surface area contributed by atoms with Crippen LogP contribution in [0.2, 0.25) is 0 Å². The molecule has 0 heterocycles. The molecule has 2 nitrogen and oxygen atoms in total. The molecular formula is C12H17NOS. The zero-order valence-electron chi connectivity index (χ0n) is 9.25. The maximum absolute atomic E-state index is 11.4. The van der Waals surface area contributed by atoms with Crippen molar-refractivity contribution in [2.24, 2.45) is 0 Å². The summed E-state index contributed by atoms with van der Waals surface area (Å²) in [5.41, 5.74) is 0.883. The molecule has 82 valence electrons. The minimum atomic E-state index is 0.105. The zero-order chi connectivity index (χ0) is 11.1. The molecule has 0 bridgehead atoms. The Kier molecular flexibility index (Phi) is 5.26. The van der Waals surface area contributed by atoms with Crippen molar-refractivity contribution in [3.63, 3.8) is 0 Å². The van der Waals surface area contributed by atoms with Crippen molar-refractivity contribution in [2.75, 3.05) is 11.6 Å². The number of benzene rings is 1. The Morgan fingerprint density at radius 2 is 2.00 bits per heavy atom. The van der Waals surface area contributed by atoms with Crippen LogP contribution >= 0.6 is 11.8 Å². The number of rotatable bonds is 5.